The first-order chi connectivity index (χ1) is 7.36. The van der Waals surface area contributed by atoms with Crippen molar-refractivity contribution in [2.45, 2.75) is 25.5 Å². The summed E-state index contributed by atoms with van der Waals surface area (Å²) in [4.78, 5) is 0. The van der Waals surface area contributed by atoms with E-state index in [0.717, 1.165) is 25.2 Å². The van der Waals surface area contributed by atoms with Crippen LogP contribution in [0.4, 0.5) is 0 Å². The van der Waals surface area contributed by atoms with Gasteiger partial charge in [-0.1, -0.05) is 6.07 Å². The molecule has 1 atom stereocenters. The standard InChI is InChI=1S/C12H15NO2.ClH/c13-10-7-14-6-8-3-4-11-9(12(8)10)2-1-5-15-11;/h3-4,10H,1-2,5-7,13H2;1H. The van der Waals surface area contributed by atoms with Crippen molar-refractivity contribution in [3.63, 3.8) is 0 Å². The SMILES string of the molecule is Cl.NC1COCc2ccc3c(c21)CCCO3. The van der Waals surface area contributed by atoms with Crippen molar-refractivity contribution < 1.29 is 9.47 Å². The van der Waals surface area contributed by atoms with Crippen LogP contribution in [0.3, 0.4) is 0 Å². The Bertz CT molecular complexity index is 395. The lowest BCUT2D eigenvalue weighted by Gasteiger charge is -2.29. The normalized spacial score (nSPS) is 22.4. The Balaban J connectivity index is 0.000000963. The number of benzene rings is 1. The Hall–Kier alpha value is -0.770. The number of hydrogen-bond donors (Lipinski definition) is 1. The summed E-state index contributed by atoms with van der Waals surface area (Å²) in [6, 6.07) is 4.15. The lowest BCUT2D eigenvalue weighted by molar-refractivity contribution is 0.0914. The van der Waals surface area contributed by atoms with E-state index in [-0.39, 0.29) is 18.4 Å². The third kappa shape index (κ3) is 1.79. The molecule has 0 spiro atoms. The fourth-order valence-corrected chi connectivity index (χ4v) is 2.48. The van der Waals surface area contributed by atoms with Gasteiger partial charge in [0.2, 0.25) is 0 Å². The molecule has 2 aliphatic heterocycles. The molecule has 16 heavy (non-hydrogen) atoms. The summed E-state index contributed by atoms with van der Waals surface area (Å²) in [6.45, 7) is 2.15. The van der Waals surface area contributed by atoms with Gasteiger partial charge in [-0.25, -0.2) is 0 Å². The molecule has 0 saturated heterocycles. The predicted molar refractivity (Wildman–Crippen MR) is 64.1 cm³/mol. The lowest BCUT2D eigenvalue weighted by atomic mass is 9.90. The minimum atomic E-state index is 0. The fourth-order valence-electron chi connectivity index (χ4n) is 2.48. The number of halogens is 1. The Kier molecular flexibility index (Phi) is 3.38. The maximum atomic E-state index is 6.09. The highest BCUT2D eigenvalue weighted by atomic mass is 35.5. The summed E-state index contributed by atoms with van der Waals surface area (Å²) in [7, 11) is 0. The van der Waals surface area contributed by atoms with Gasteiger partial charge in [0.05, 0.1) is 25.9 Å². The fraction of sp³-hybridized carbons (Fsp3) is 0.500. The van der Waals surface area contributed by atoms with Crippen LogP contribution >= 0.6 is 12.4 Å². The van der Waals surface area contributed by atoms with Crippen LogP contribution in [0.2, 0.25) is 0 Å². The average Bonchev–Trinajstić information content (AvgIpc) is 2.29. The summed E-state index contributed by atoms with van der Waals surface area (Å²) in [5.41, 5.74) is 9.91. The molecule has 4 heteroatoms. The Morgan fingerprint density at radius 2 is 2.19 bits per heavy atom. The van der Waals surface area contributed by atoms with E-state index in [0.29, 0.717) is 13.2 Å². The smallest absolute Gasteiger partial charge is 0.122 e. The van der Waals surface area contributed by atoms with Gasteiger partial charge in [-0.2, -0.15) is 0 Å². The highest BCUT2D eigenvalue weighted by Gasteiger charge is 2.24. The van der Waals surface area contributed by atoms with Crippen LogP contribution in [0.15, 0.2) is 12.1 Å². The van der Waals surface area contributed by atoms with Crippen LogP contribution in [-0.2, 0) is 17.8 Å². The van der Waals surface area contributed by atoms with Crippen LogP contribution in [0.25, 0.3) is 0 Å². The van der Waals surface area contributed by atoms with Crippen LogP contribution < -0.4 is 10.5 Å². The Morgan fingerprint density at radius 3 is 3.06 bits per heavy atom. The second-order valence-electron chi connectivity index (χ2n) is 4.19. The van der Waals surface area contributed by atoms with E-state index in [1.165, 1.54) is 16.7 Å². The highest BCUT2D eigenvalue weighted by molar-refractivity contribution is 5.85. The van der Waals surface area contributed by atoms with E-state index in [4.69, 9.17) is 15.2 Å². The van der Waals surface area contributed by atoms with E-state index in [2.05, 4.69) is 12.1 Å². The van der Waals surface area contributed by atoms with Crippen LogP contribution in [0, 0.1) is 0 Å². The molecular weight excluding hydrogens is 226 g/mol. The van der Waals surface area contributed by atoms with Crippen molar-refractivity contribution in [1.29, 1.82) is 0 Å². The topological polar surface area (TPSA) is 44.5 Å². The molecule has 1 aromatic carbocycles. The minimum Gasteiger partial charge on any atom is -0.493 e. The van der Waals surface area contributed by atoms with Gasteiger partial charge in [0.1, 0.15) is 5.75 Å². The Labute approximate surface area is 101 Å². The van der Waals surface area contributed by atoms with E-state index in [1.54, 1.807) is 0 Å². The predicted octanol–water partition coefficient (Wildman–Crippen LogP) is 1.96. The second kappa shape index (κ2) is 4.62. The molecule has 0 radical (unpaired) electrons. The molecular formula is C12H16ClNO2. The maximum Gasteiger partial charge on any atom is 0.122 e. The number of fused-ring (bicyclic) bond motifs is 3. The van der Waals surface area contributed by atoms with Crippen molar-refractivity contribution in [2.75, 3.05) is 13.2 Å². The first-order valence-corrected chi connectivity index (χ1v) is 5.47. The van der Waals surface area contributed by atoms with E-state index in [1.807, 2.05) is 0 Å². The summed E-state index contributed by atoms with van der Waals surface area (Å²) in [5.74, 6) is 1.03. The summed E-state index contributed by atoms with van der Waals surface area (Å²) < 4.78 is 11.1. The molecule has 2 heterocycles. The largest absolute Gasteiger partial charge is 0.493 e. The quantitative estimate of drug-likeness (QED) is 0.755. The lowest BCUT2D eigenvalue weighted by Crippen LogP contribution is -2.26. The van der Waals surface area contributed by atoms with Gasteiger partial charge >= 0.3 is 0 Å². The molecule has 2 aliphatic rings. The number of hydrogen-bond acceptors (Lipinski definition) is 3. The molecule has 0 aliphatic carbocycles. The zero-order valence-corrected chi connectivity index (χ0v) is 9.89. The second-order valence-corrected chi connectivity index (χ2v) is 4.19. The molecule has 2 N–H and O–H groups in total. The van der Waals surface area contributed by atoms with Crippen LogP contribution in [0.5, 0.6) is 5.75 Å². The molecule has 0 fully saturated rings. The van der Waals surface area contributed by atoms with Crippen LogP contribution in [-0.4, -0.2) is 13.2 Å². The van der Waals surface area contributed by atoms with E-state index in [9.17, 15) is 0 Å². The van der Waals surface area contributed by atoms with Gasteiger partial charge in [0.15, 0.2) is 0 Å². The number of rotatable bonds is 0. The number of ether oxygens (including phenoxy) is 2. The van der Waals surface area contributed by atoms with Crippen molar-refractivity contribution >= 4 is 12.4 Å². The van der Waals surface area contributed by atoms with Crippen molar-refractivity contribution in [2.24, 2.45) is 5.73 Å². The molecule has 0 bridgehead atoms. The average molecular weight is 242 g/mol. The Morgan fingerprint density at radius 1 is 1.31 bits per heavy atom. The minimum absolute atomic E-state index is 0. The highest BCUT2D eigenvalue weighted by Crippen LogP contribution is 2.35. The number of nitrogens with two attached hydrogens (primary N) is 1. The zero-order chi connectivity index (χ0) is 10.3. The molecule has 0 amide bonds. The monoisotopic (exact) mass is 241 g/mol. The van der Waals surface area contributed by atoms with Gasteiger partial charge in [-0.15, -0.1) is 12.4 Å². The molecule has 88 valence electrons. The van der Waals surface area contributed by atoms with Gasteiger partial charge in [0.25, 0.3) is 0 Å². The maximum absolute atomic E-state index is 6.09. The van der Waals surface area contributed by atoms with E-state index >= 15 is 0 Å². The zero-order valence-electron chi connectivity index (χ0n) is 9.07. The van der Waals surface area contributed by atoms with Crippen molar-refractivity contribution in [1.82, 2.24) is 0 Å². The molecule has 0 saturated carbocycles. The third-order valence-corrected chi connectivity index (χ3v) is 3.16. The van der Waals surface area contributed by atoms with Gasteiger partial charge in [-0.3, -0.25) is 0 Å². The summed E-state index contributed by atoms with van der Waals surface area (Å²) in [6.07, 6.45) is 2.18. The van der Waals surface area contributed by atoms with Gasteiger partial charge < -0.3 is 15.2 Å². The van der Waals surface area contributed by atoms with E-state index < -0.39 is 0 Å². The summed E-state index contributed by atoms with van der Waals surface area (Å²) in [5, 5.41) is 0. The molecule has 0 aromatic heterocycles. The van der Waals surface area contributed by atoms with Crippen molar-refractivity contribution in [3.05, 3.63) is 28.8 Å². The molecule has 1 unspecified atom stereocenters. The van der Waals surface area contributed by atoms with Crippen molar-refractivity contribution in [3.8, 4) is 5.75 Å². The van der Waals surface area contributed by atoms with Gasteiger partial charge in [0, 0.05) is 0 Å². The molecule has 3 rings (SSSR count). The van der Waals surface area contributed by atoms with Crippen LogP contribution in [0.1, 0.15) is 29.2 Å². The first-order valence-electron chi connectivity index (χ1n) is 5.47. The third-order valence-electron chi connectivity index (χ3n) is 3.16. The molecule has 3 nitrogen and oxygen atoms in total. The summed E-state index contributed by atoms with van der Waals surface area (Å²) >= 11 is 0. The molecule has 1 aromatic rings. The van der Waals surface area contributed by atoms with Gasteiger partial charge in [-0.05, 0) is 35.6 Å². The first kappa shape index (κ1) is 11.7.